The molecule has 0 aliphatic rings. The predicted molar refractivity (Wildman–Crippen MR) is 90.1 cm³/mol. The van der Waals surface area contributed by atoms with E-state index in [1.54, 1.807) is 30.3 Å². The lowest BCUT2D eigenvalue weighted by Crippen LogP contribution is -2.14. The molecule has 0 unspecified atom stereocenters. The number of ketones is 1. The minimum atomic E-state index is -0.518. The van der Waals surface area contributed by atoms with Crippen molar-refractivity contribution < 1.29 is 23.8 Å². The molecule has 2 aromatic carbocycles. The molecule has 0 atom stereocenters. The van der Waals surface area contributed by atoms with E-state index in [4.69, 9.17) is 14.2 Å². The van der Waals surface area contributed by atoms with E-state index in [1.807, 2.05) is 19.9 Å². The van der Waals surface area contributed by atoms with Crippen molar-refractivity contribution in [1.82, 2.24) is 0 Å². The van der Waals surface area contributed by atoms with Crippen molar-refractivity contribution in [3.8, 4) is 11.5 Å². The topological polar surface area (TPSA) is 61.8 Å². The fourth-order valence-electron chi connectivity index (χ4n) is 2.40. The molecular formula is C19H20O5. The van der Waals surface area contributed by atoms with E-state index in [1.165, 1.54) is 14.2 Å². The van der Waals surface area contributed by atoms with Gasteiger partial charge in [0.05, 0.1) is 19.8 Å². The number of esters is 1. The summed E-state index contributed by atoms with van der Waals surface area (Å²) in [6, 6.07) is 10.2. The maximum Gasteiger partial charge on any atom is 0.338 e. The lowest BCUT2D eigenvalue weighted by Gasteiger charge is -2.09. The second kappa shape index (κ2) is 7.64. The molecule has 0 bridgehead atoms. The normalized spacial score (nSPS) is 10.2. The molecule has 0 spiro atoms. The molecule has 0 aliphatic carbocycles. The lowest BCUT2D eigenvalue weighted by atomic mass is 10.1. The molecule has 0 heterocycles. The van der Waals surface area contributed by atoms with E-state index >= 15 is 0 Å². The molecule has 0 amide bonds. The standard InChI is InChI=1S/C19H20O5/c1-12-7-13(2)9-15(8-12)19(21)24-11-16(20)14-5-6-17(22-3)18(10-14)23-4/h5-10H,11H2,1-4H3. The highest BCUT2D eigenvalue weighted by atomic mass is 16.5. The largest absolute Gasteiger partial charge is 0.493 e. The second-order valence-electron chi connectivity index (χ2n) is 5.45. The van der Waals surface area contributed by atoms with Gasteiger partial charge in [-0.1, -0.05) is 17.2 Å². The summed E-state index contributed by atoms with van der Waals surface area (Å²) in [4.78, 5) is 24.3. The van der Waals surface area contributed by atoms with Crippen LogP contribution in [0.2, 0.25) is 0 Å². The van der Waals surface area contributed by atoms with Crippen LogP contribution >= 0.6 is 0 Å². The first kappa shape index (κ1) is 17.5. The molecule has 5 heteroatoms. The average molecular weight is 328 g/mol. The van der Waals surface area contributed by atoms with Gasteiger partial charge in [-0.3, -0.25) is 4.79 Å². The Balaban J connectivity index is 2.06. The fourth-order valence-corrected chi connectivity index (χ4v) is 2.40. The lowest BCUT2D eigenvalue weighted by molar-refractivity contribution is 0.0474. The number of carbonyl (C=O) groups excluding carboxylic acids is 2. The van der Waals surface area contributed by atoms with Crippen molar-refractivity contribution in [2.45, 2.75) is 13.8 Å². The van der Waals surface area contributed by atoms with Gasteiger partial charge in [0, 0.05) is 5.56 Å². The Hall–Kier alpha value is -2.82. The fraction of sp³-hybridized carbons (Fsp3) is 0.263. The summed E-state index contributed by atoms with van der Waals surface area (Å²) in [5.41, 5.74) is 2.76. The van der Waals surface area contributed by atoms with Gasteiger partial charge in [0.15, 0.2) is 23.9 Å². The van der Waals surface area contributed by atoms with Crippen LogP contribution in [0, 0.1) is 13.8 Å². The zero-order valence-electron chi connectivity index (χ0n) is 14.2. The maximum absolute atomic E-state index is 12.2. The number of benzene rings is 2. The van der Waals surface area contributed by atoms with Crippen LogP contribution in [0.3, 0.4) is 0 Å². The Labute approximate surface area is 141 Å². The Kier molecular flexibility index (Phi) is 5.58. The quantitative estimate of drug-likeness (QED) is 0.601. The summed E-state index contributed by atoms with van der Waals surface area (Å²) in [5, 5.41) is 0. The van der Waals surface area contributed by atoms with Crippen molar-refractivity contribution in [2.75, 3.05) is 20.8 Å². The summed E-state index contributed by atoms with van der Waals surface area (Å²) in [6.45, 7) is 3.47. The zero-order chi connectivity index (χ0) is 17.7. The van der Waals surface area contributed by atoms with Crippen LogP contribution in [0.25, 0.3) is 0 Å². The van der Waals surface area contributed by atoms with Crippen LogP contribution in [0.4, 0.5) is 0 Å². The van der Waals surface area contributed by atoms with E-state index < -0.39 is 5.97 Å². The van der Waals surface area contributed by atoms with Crippen LogP contribution in [0.15, 0.2) is 36.4 Å². The number of hydrogen-bond donors (Lipinski definition) is 0. The number of methoxy groups -OCH3 is 2. The number of aryl methyl sites for hydroxylation is 2. The van der Waals surface area contributed by atoms with Crippen molar-refractivity contribution in [3.63, 3.8) is 0 Å². The smallest absolute Gasteiger partial charge is 0.338 e. The summed E-state index contributed by atoms with van der Waals surface area (Å²) in [6.07, 6.45) is 0. The van der Waals surface area contributed by atoms with E-state index in [2.05, 4.69) is 0 Å². The predicted octanol–water partition coefficient (Wildman–Crippen LogP) is 3.36. The Morgan fingerprint density at radius 1 is 0.833 bits per heavy atom. The first-order chi connectivity index (χ1) is 11.4. The number of Topliss-reactive ketones (excluding diaryl/α,β-unsaturated/α-hetero) is 1. The first-order valence-electron chi connectivity index (χ1n) is 7.45. The van der Waals surface area contributed by atoms with E-state index in [-0.39, 0.29) is 12.4 Å². The molecule has 0 saturated carbocycles. The van der Waals surface area contributed by atoms with Gasteiger partial charge in [0.2, 0.25) is 0 Å². The molecule has 0 aromatic heterocycles. The van der Waals surface area contributed by atoms with Crippen LogP contribution in [0.1, 0.15) is 31.8 Å². The van der Waals surface area contributed by atoms with Gasteiger partial charge < -0.3 is 14.2 Å². The van der Waals surface area contributed by atoms with Gasteiger partial charge in [-0.05, 0) is 44.2 Å². The van der Waals surface area contributed by atoms with E-state index in [0.717, 1.165) is 11.1 Å². The number of rotatable bonds is 6. The highest BCUT2D eigenvalue weighted by molar-refractivity contribution is 5.99. The SMILES string of the molecule is COc1ccc(C(=O)COC(=O)c2cc(C)cc(C)c2)cc1OC. The van der Waals surface area contributed by atoms with Crippen molar-refractivity contribution in [2.24, 2.45) is 0 Å². The Morgan fingerprint density at radius 3 is 2.04 bits per heavy atom. The highest BCUT2D eigenvalue weighted by Crippen LogP contribution is 2.27. The van der Waals surface area contributed by atoms with Gasteiger partial charge in [0.25, 0.3) is 0 Å². The minimum Gasteiger partial charge on any atom is -0.493 e. The van der Waals surface area contributed by atoms with Crippen LogP contribution in [-0.4, -0.2) is 32.6 Å². The van der Waals surface area contributed by atoms with Gasteiger partial charge in [-0.25, -0.2) is 4.79 Å². The molecule has 24 heavy (non-hydrogen) atoms. The molecule has 126 valence electrons. The monoisotopic (exact) mass is 328 g/mol. The number of hydrogen-bond acceptors (Lipinski definition) is 5. The van der Waals surface area contributed by atoms with Crippen LogP contribution < -0.4 is 9.47 Å². The molecule has 2 rings (SSSR count). The van der Waals surface area contributed by atoms with Crippen LogP contribution in [0.5, 0.6) is 11.5 Å². The van der Waals surface area contributed by atoms with Crippen molar-refractivity contribution >= 4 is 11.8 Å². The summed E-state index contributed by atoms with van der Waals surface area (Å²) >= 11 is 0. The minimum absolute atomic E-state index is 0.311. The summed E-state index contributed by atoms with van der Waals surface area (Å²) < 4.78 is 15.4. The molecule has 2 aromatic rings. The molecule has 0 fully saturated rings. The highest BCUT2D eigenvalue weighted by Gasteiger charge is 2.14. The number of carbonyl (C=O) groups is 2. The number of ether oxygens (including phenoxy) is 3. The Morgan fingerprint density at radius 2 is 1.46 bits per heavy atom. The third-order valence-corrected chi connectivity index (χ3v) is 3.50. The molecule has 5 nitrogen and oxygen atoms in total. The van der Waals surface area contributed by atoms with Gasteiger partial charge in [-0.2, -0.15) is 0 Å². The maximum atomic E-state index is 12.2. The molecule has 0 N–H and O–H groups in total. The van der Waals surface area contributed by atoms with Crippen molar-refractivity contribution in [1.29, 1.82) is 0 Å². The van der Waals surface area contributed by atoms with Crippen molar-refractivity contribution in [3.05, 3.63) is 58.7 Å². The second-order valence-corrected chi connectivity index (χ2v) is 5.45. The molecular weight excluding hydrogens is 308 g/mol. The zero-order valence-corrected chi connectivity index (χ0v) is 14.2. The molecule has 0 aliphatic heterocycles. The average Bonchev–Trinajstić information content (AvgIpc) is 2.57. The third kappa shape index (κ3) is 4.13. The van der Waals surface area contributed by atoms with E-state index in [9.17, 15) is 9.59 Å². The van der Waals surface area contributed by atoms with Gasteiger partial charge >= 0.3 is 5.97 Å². The summed E-state index contributed by atoms with van der Waals surface area (Å²) in [7, 11) is 3.01. The molecule has 0 saturated heterocycles. The van der Waals surface area contributed by atoms with E-state index in [0.29, 0.717) is 22.6 Å². The molecule has 0 radical (unpaired) electrons. The Bertz CT molecular complexity index is 744. The third-order valence-electron chi connectivity index (χ3n) is 3.50. The first-order valence-corrected chi connectivity index (χ1v) is 7.45. The van der Waals surface area contributed by atoms with Gasteiger partial charge in [0.1, 0.15) is 0 Å². The summed E-state index contributed by atoms with van der Waals surface area (Å²) in [5.74, 6) is 0.148. The van der Waals surface area contributed by atoms with Gasteiger partial charge in [-0.15, -0.1) is 0 Å². The van der Waals surface area contributed by atoms with Crippen LogP contribution in [-0.2, 0) is 4.74 Å².